The van der Waals surface area contributed by atoms with E-state index in [1.165, 1.54) is 85.2 Å². The van der Waals surface area contributed by atoms with Gasteiger partial charge in [0, 0.05) is 47.0 Å². The quantitative estimate of drug-likeness (QED) is 0.124. The Morgan fingerprint density at radius 2 is 0.857 bits per heavy atom. The molecule has 0 bridgehead atoms. The maximum Gasteiger partial charge on any atom is 0.435 e. The number of nitrogens with one attached hydrogen (secondary N) is 2. The van der Waals surface area contributed by atoms with Gasteiger partial charge in [-0.3, -0.25) is 4.79 Å². The van der Waals surface area contributed by atoms with Crippen LogP contribution in [0.2, 0.25) is 0 Å². The lowest BCUT2D eigenvalue weighted by Crippen LogP contribution is -2.27. The van der Waals surface area contributed by atoms with Crippen LogP contribution in [0, 0.1) is 0 Å². The zero-order valence-electron chi connectivity index (χ0n) is 35.1. The Kier molecular flexibility index (Phi) is 10.6. The van der Waals surface area contributed by atoms with Gasteiger partial charge in [0.15, 0.2) is 17.2 Å². The maximum absolute atomic E-state index is 16.3. The minimum absolute atomic E-state index is 0.0108. The van der Waals surface area contributed by atoms with E-state index in [1.807, 2.05) is 0 Å². The van der Waals surface area contributed by atoms with Gasteiger partial charge >= 0.3 is 24.7 Å². The summed E-state index contributed by atoms with van der Waals surface area (Å²) in [5.74, 6) is -1.49. The monoisotopic (exact) mass is 976 g/mol. The van der Waals surface area contributed by atoms with Crippen molar-refractivity contribution < 1.29 is 57.5 Å². The number of anilines is 8. The largest absolute Gasteiger partial charge is 0.435 e. The van der Waals surface area contributed by atoms with Gasteiger partial charge in [-0.1, -0.05) is 36.4 Å². The third kappa shape index (κ3) is 8.04. The van der Waals surface area contributed by atoms with Crippen LogP contribution in [0.25, 0.3) is 11.4 Å². The maximum atomic E-state index is 16.3. The van der Waals surface area contributed by atoms with Crippen LogP contribution in [0.1, 0.15) is 49.6 Å². The molecule has 0 saturated carbocycles. The first-order valence-corrected chi connectivity index (χ1v) is 20.6. The molecule has 0 spiro atoms. The second-order valence-corrected chi connectivity index (χ2v) is 15.8. The zero-order valence-corrected chi connectivity index (χ0v) is 35.1. The predicted molar refractivity (Wildman–Crippen MR) is 230 cm³/mol. The van der Waals surface area contributed by atoms with Crippen molar-refractivity contribution >= 4 is 51.5 Å². The van der Waals surface area contributed by atoms with E-state index in [2.05, 4.69) is 30.8 Å². The Hall–Kier alpha value is -8.37. The highest BCUT2D eigenvalue weighted by Gasteiger charge is 2.47. The van der Waals surface area contributed by atoms with Gasteiger partial charge in [0.2, 0.25) is 0 Å². The Bertz CT molecular complexity index is 3140. The molecule has 0 saturated heterocycles. The van der Waals surface area contributed by atoms with Gasteiger partial charge in [-0.2, -0.15) is 62.9 Å². The van der Waals surface area contributed by atoms with Crippen molar-refractivity contribution in [3.63, 3.8) is 0 Å². The highest BCUT2D eigenvalue weighted by molar-refractivity contribution is 6.14. The average Bonchev–Trinajstić information content (AvgIpc) is 3.96. The van der Waals surface area contributed by atoms with Gasteiger partial charge in [0.05, 0.1) is 69.7 Å². The highest BCUT2D eigenvalue weighted by Crippen LogP contribution is 2.52. The first-order valence-electron chi connectivity index (χ1n) is 20.6. The molecule has 11 nitrogen and oxygen atoms in total. The molecule has 6 heterocycles. The van der Waals surface area contributed by atoms with Crippen molar-refractivity contribution in [3.8, 4) is 11.4 Å². The van der Waals surface area contributed by atoms with Crippen molar-refractivity contribution in [2.45, 2.75) is 37.8 Å². The zero-order chi connectivity index (χ0) is 49.5. The fourth-order valence-electron chi connectivity index (χ4n) is 8.54. The summed E-state index contributed by atoms with van der Waals surface area (Å²) in [6.45, 7) is -0.965. The van der Waals surface area contributed by atoms with Gasteiger partial charge in [-0.05, 0) is 72.8 Å². The lowest BCUT2D eigenvalue weighted by atomic mass is 9.90. The first-order chi connectivity index (χ1) is 33.2. The second-order valence-electron chi connectivity index (χ2n) is 15.8. The van der Waals surface area contributed by atoms with Crippen LogP contribution in [0.4, 0.5) is 98.4 Å². The van der Waals surface area contributed by atoms with Crippen molar-refractivity contribution in [2.75, 3.05) is 20.4 Å². The van der Waals surface area contributed by atoms with Crippen LogP contribution in [0.15, 0.2) is 134 Å². The standard InChI is InChI=1S/C47H28F12N10O/c48-44(49,50)35-17-21-68(64-35)33-15-13-27(37(46(54,55)56)39(33)66-23-25-7-5-19-60-42(25)62-29-9-1-3-11-31(29)66)41(70)28-14-16-34(69-22-18-36(65-69)45(51,52)53)40(38(28)47(57,58)59)67-24-26-8-6-20-61-43(26)63-30-10-2-4-12-32(30)67/h1-22H,23-24H2,(H,60,62)(H,61,63). The number of hydrogen-bond donors (Lipinski definition) is 2. The van der Waals surface area contributed by atoms with Crippen LogP contribution < -0.4 is 20.4 Å². The number of halogens is 12. The summed E-state index contributed by atoms with van der Waals surface area (Å²) >= 11 is 0. The molecule has 4 aromatic carbocycles. The summed E-state index contributed by atoms with van der Waals surface area (Å²) in [5.41, 5.74) is -11.9. The number of nitrogens with zero attached hydrogens (tertiary/aromatic N) is 8. The van der Waals surface area contributed by atoms with Gasteiger partial charge in [-0.25, -0.2) is 19.3 Å². The van der Waals surface area contributed by atoms with Crippen LogP contribution in [-0.4, -0.2) is 35.3 Å². The number of para-hydroxylation sites is 4. The molecule has 0 radical (unpaired) electrons. The molecule has 2 aliphatic rings. The predicted octanol–water partition coefficient (Wildman–Crippen LogP) is 12.9. The third-order valence-corrected chi connectivity index (χ3v) is 11.5. The molecule has 0 unspecified atom stereocenters. The van der Waals surface area contributed by atoms with E-state index in [-0.39, 0.29) is 45.5 Å². The van der Waals surface area contributed by atoms with E-state index < -0.39 is 100.0 Å². The molecule has 0 atom stereocenters. The third-order valence-electron chi connectivity index (χ3n) is 11.5. The molecular weight excluding hydrogens is 949 g/mol. The Labute approximate surface area is 386 Å². The molecule has 4 aromatic heterocycles. The Balaban J connectivity index is 1.27. The topological polar surface area (TPSA) is 109 Å². The number of hydrogen-bond acceptors (Lipinski definition) is 9. The fraction of sp³-hybridized carbons (Fsp3) is 0.128. The van der Waals surface area contributed by atoms with Crippen molar-refractivity contribution in [2.24, 2.45) is 0 Å². The molecule has 23 heteroatoms. The van der Waals surface area contributed by atoms with E-state index in [1.54, 1.807) is 0 Å². The van der Waals surface area contributed by atoms with Crippen molar-refractivity contribution in [1.82, 2.24) is 29.5 Å². The lowest BCUT2D eigenvalue weighted by molar-refractivity contribution is -0.142. The summed E-state index contributed by atoms with van der Waals surface area (Å²) < 4.78 is 183. The normalized spacial score (nSPS) is 13.8. The Morgan fingerprint density at radius 3 is 1.23 bits per heavy atom. The van der Waals surface area contributed by atoms with Crippen LogP contribution in [0.5, 0.6) is 0 Å². The SMILES string of the molecule is O=C(c1ccc(-n2ccc(C(F)(F)F)n2)c(N2Cc3cccnc3Nc3ccccc32)c1C(F)(F)F)c1ccc(-n2ccc(C(F)(F)F)n2)c(N2Cc3cccnc3Nc3ccccc32)c1C(F)(F)F. The van der Waals surface area contributed by atoms with Gasteiger partial charge in [0.25, 0.3) is 0 Å². The summed E-state index contributed by atoms with van der Waals surface area (Å²) in [4.78, 5) is 25.9. The van der Waals surface area contributed by atoms with Crippen LogP contribution >= 0.6 is 0 Å². The highest BCUT2D eigenvalue weighted by atomic mass is 19.4. The molecule has 2 N–H and O–H groups in total. The molecule has 0 fully saturated rings. The molecule has 356 valence electrons. The summed E-state index contributed by atoms with van der Waals surface area (Å²) in [5, 5.41) is 13.1. The summed E-state index contributed by atoms with van der Waals surface area (Å²) in [6, 6.07) is 21.4. The number of ketones is 1. The molecule has 0 aliphatic carbocycles. The number of carbonyl (C=O) groups excluding carboxylic acids is 1. The van der Waals surface area contributed by atoms with E-state index in [0.29, 0.717) is 33.6 Å². The lowest BCUT2D eigenvalue weighted by Gasteiger charge is -2.32. The minimum atomic E-state index is -5.65. The molecule has 0 amide bonds. The fourth-order valence-corrected chi connectivity index (χ4v) is 8.54. The van der Waals surface area contributed by atoms with Crippen molar-refractivity contribution in [1.29, 1.82) is 0 Å². The number of rotatable bonds is 6. The summed E-state index contributed by atoms with van der Waals surface area (Å²) in [7, 11) is 0. The molecule has 70 heavy (non-hydrogen) atoms. The smallest absolute Gasteiger partial charge is 0.338 e. The number of carbonyl (C=O) groups is 1. The van der Waals surface area contributed by atoms with E-state index in [9.17, 15) is 26.3 Å². The van der Waals surface area contributed by atoms with E-state index in [0.717, 1.165) is 34.3 Å². The van der Waals surface area contributed by atoms with Crippen LogP contribution in [0.3, 0.4) is 0 Å². The van der Waals surface area contributed by atoms with E-state index >= 15 is 31.1 Å². The molecule has 8 aromatic rings. The average molecular weight is 977 g/mol. The number of fused-ring (bicyclic) bond motifs is 4. The molecule has 2 aliphatic heterocycles. The van der Waals surface area contributed by atoms with E-state index in [4.69, 9.17) is 0 Å². The first kappa shape index (κ1) is 45.4. The minimum Gasteiger partial charge on any atom is -0.338 e. The number of benzene rings is 4. The Morgan fingerprint density at radius 1 is 0.457 bits per heavy atom. The summed E-state index contributed by atoms with van der Waals surface area (Å²) in [6.07, 6.45) is -17.2. The second kappa shape index (κ2) is 16.4. The van der Waals surface area contributed by atoms with Crippen LogP contribution in [-0.2, 0) is 37.8 Å². The van der Waals surface area contributed by atoms with Gasteiger partial charge in [0.1, 0.15) is 11.6 Å². The number of pyridine rings is 2. The van der Waals surface area contributed by atoms with Crippen molar-refractivity contribution in [3.05, 3.63) is 179 Å². The molecule has 10 rings (SSSR count). The van der Waals surface area contributed by atoms with Gasteiger partial charge < -0.3 is 20.4 Å². The molecular formula is C47H28F12N10O. The van der Waals surface area contributed by atoms with Gasteiger partial charge in [-0.15, -0.1) is 0 Å². The number of aromatic nitrogens is 6. The number of alkyl halides is 12.